The van der Waals surface area contributed by atoms with Crippen molar-refractivity contribution in [2.75, 3.05) is 14.2 Å². The number of esters is 2. The molecule has 15 heteroatoms. The van der Waals surface area contributed by atoms with Gasteiger partial charge in [-0.25, -0.2) is 14.3 Å². The summed E-state index contributed by atoms with van der Waals surface area (Å²) in [6.45, 7) is 0. The molecule has 226 valence electrons. The van der Waals surface area contributed by atoms with E-state index >= 15 is 0 Å². The Morgan fingerprint density at radius 2 is 1.45 bits per heavy atom. The van der Waals surface area contributed by atoms with Gasteiger partial charge in [0, 0.05) is 30.3 Å². The molecule has 4 heterocycles. The Hall–Kier alpha value is -3.94. The number of benzene rings is 2. The van der Waals surface area contributed by atoms with Gasteiger partial charge in [-0.3, -0.25) is 15.1 Å². The van der Waals surface area contributed by atoms with Gasteiger partial charge in [0.2, 0.25) is 0 Å². The Morgan fingerprint density at radius 1 is 0.841 bits per heavy atom. The van der Waals surface area contributed by atoms with Crippen LogP contribution in [0, 0.1) is 7.14 Å². The molecule has 0 fully saturated rings. The molecule has 0 aliphatic rings. The number of carbonyl (C=O) groups excluding carboxylic acids is 2. The summed E-state index contributed by atoms with van der Waals surface area (Å²) in [7, 11) is 1.32. The highest BCUT2D eigenvalue weighted by Crippen LogP contribution is 2.22. The number of nitrogens with zero attached hydrogens (tertiary/aromatic N) is 5. The zero-order valence-electron chi connectivity index (χ0n) is 22.7. The van der Waals surface area contributed by atoms with E-state index in [1.54, 1.807) is 59.8 Å². The van der Waals surface area contributed by atoms with Gasteiger partial charge < -0.3 is 19.5 Å². The highest BCUT2D eigenvalue weighted by Gasteiger charge is 2.18. The van der Waals surface area contributed by atoms with Crippen molar-refractivity contribution in [1.29, 1.82) is 0 Å². The van der Waals surface area contributed by atoms with Crippen LogP contribution in [-0.4, -0.2) is 73.3 Å². The van der Waals surface area contributed by atoms with Gasteiger partial charge >= 0.3 is 19.1 Å². The third-order valence-corrected chi connectivity index (χ3v) is 7.15. The van der Waals surface area contributed by atoms with Crippen molar-refractivity contribution in [1.82, 2.24) is 29.9 Å². The number of carbonyl (C=O) groups is 2. The number of aromatic amines is 1. The molecule has 3 N–H and O–H groups in total. The smallest absolute Gasteiger partial charge is 0.464 e. The van der Waals surface area contributed by atoms with Crippen molar-refractivity contribution < 1.29 is 29.1 Å². The zero-order valence-corrected chi connectivity index (χ0v) is 27.0. The van der Waals surface area contributed by atoms with Crippen LogP contribution in [0.3, 0.4) is 0 Å². The molecule has 44 heavy (non-hydrogen) atoms. The van der Waals surface area contributed by atoms with E-state index in [4.69, 9.17) is 14.8 Å². The number of nitrogens with one attached hydrogen (secondary N) is 1. The van der Waals surface area contributed by atoms with E-state index in [1.165, 1.54) is 14.2 Å². The highest BCUT2D eigenvalue weighted by molar-refractivity contribution is 14.1. The first-order valence-corrected chi connectivity index (χ1v) is 14.5. The molecule has 0 saturated heterocycles. The normalized spacial score (nSPS) is 10.0. The lowest BCUT2D eigenvalue weighted by molar-refractivity contribution is 0.0587. The van der Waals surface area contributed by atoms with E-state index in [0.29, 0.717) is 16.9 Å². The third kappa shape index (κ3) is 8.37. The molecule has 0 amide bonds. The maximum atomic E-state index is 11.8. The molecule has 4 aromatic heterocycles. The first kappa shape index (κ1) is 34.6. The van der Waals surface area contributed by atoms with Gasteiger partial charge in [0.15, 0.2) is 11.4 Å². The summed E-state index contributed by atoms with van der Waals surface area (Å²) in [5.74, 6) is -0.900. The van der Waals surface area contributed by atoms with Gasteiger partial charge in [0.1, 0.15) is 0 Å². The third-order valence-electron chi connectivity index (χ3n) is 5.80. The molecule has 0 unspecified atom stereocenters. The first-order chi connectivity index (χ1) is 20.7. The maximum Gasteiger partial charge on any atom is 0.488 e. The second-order valence-corrected chi connectivity index (χ2v) is 11.0. The number of fused-ring (bicyclic) bond motifs is 2. The van der Waals surface area contributed by atoms with Crippen molar-refractivity contribution in [3.05, 3.63) is 104 Å². The van der Waals surface area contributed by atoms with Gasteiger partial charge in [0.05, 0.1) is 43.3 Å². The summed E-state index contributed by atoms with van der Waals surface area (Å²) in [5.41, 5.74) is 3.50. The SMILES string of the molecule is C.COC(=O)c1n[nH]c2cnccc12.COC(=O)c1nn(-c2cccc(I)c2)c2cnccc12.OB(O)c1cccc(I)c1. The minimum Gasteiger partial charge on any atom is -0.464 e. The second-order valence-electron chi connectivity index (χ2n) is 8.54. The average Bonchev–Trinajstić information content (AvgIpc) is 3.63. The summed E-state index contributed by atoms with van der Waals surface area (Å²) in [4.78, 5) is 31.0. The van der Waals surface area contributed by atoms with E-state index in [1.807, 2.05) is 30.3 Å². The Morgan fingerprint density at radius 3 is 2.07 bits per heavy atom. The quantitative estimate of drug-likeness (QED) is 0.134. The van der Waals surface area contributed by atoms with Crippen LogP contribution in [0.2, 0.25) is 0 Å². The molecule has 6 aromatic rings. The van der Waals surface area contributed by atoms with Crippen LogP contribution in [0.1, 0.15) is 28.4 Å². The van der Waals surface area contributed by atoms with Gasteiger partial charge in [0.25, 0.3) is 0 Å². The fraction of sp³-hybridized carbons (Fsp3) is 0.103. The molecule has 0 saturated carbocycles. The average molecular weight is 820 g/mol. The molecule has 0 spiro atoms. The van der Waals surface area contributed by atoms with E-state index < -0.39 is 19.1 Å². The Kier molecular flexibility index (Phi) is 12.7. The van der Waals surface area contributed by atoms with Crippen molar-refractivity contribution in [2.45, 2.75) is 7.43 Å². The Labute approximate surface area is 280 Å². The van der Waals surface area contributed by atoms with Crippen LogP contribution in [0.25, 0.3) is 27.5 Å². The van der Waals surface area contributed by atoms with E-state index in [9.17, 15) is 9.59 Å². The van der Waals surface area contributed by atoms with Crippen LogP contribution >= 0.6 is 45.2 Å². The largest absolute Gasteiger partial charge is 0.488 e. The second kappa shape index (κ2) is 16.2. The molecule has 0 bridgehead atoms. The lowest BCUT2D eigenvalue weighted by Crippen LogP contribution is -2.29. The number of hydrogen-bond acceptors (Lipinski definition) is 10. The fourth-order valence-electron chi connectivity index (χ4n) is 3.80. The summed E-state index contributed by atoms with van der Waals surface area (Å²) < 4.78 is 13.1. The number of methoxy groups -OCH3 is 2. The summed E-state index contributed by atoms with van der Waals surface area (Å²) in [6.07, 6.45) is 6.53. The van der Waals surface area contributed by atoms with Crippen LogP contribution in [0.4, 0.5) is 0 Å². The fourth-order valence-corrected chi connectivity index (χ4v) is 4.89. The molecule has 0 radical (unpaired) electrons. The lowest BCUT2D eigenvalue weighted by atomic mass is 9.81. The van der Waals surface area contributed by atoms with Crippen molar-refractivity contribution in [2.24, 2.45) is 0 Å². The van der Waals surface area contributed by atoms with Gasteiger partial charge in [-0.2, -0.15) is 10.2 Å². The predicted octanol–water partition coefficient (Wildman–Crippen LogP) is 4.16. The standard InChI is InChI=1S/C14H10IN3O2.C8H7N3O2.C6H6BIO2.CH4/c1-20-14(19)13-11-5-6-16-8-12(11)18(17-13)10-4-2-3-9(15)7-10;1-13-8(12)7-5-2-3-9-4-6(5)10-11-7;8-6-3-1-2-5(4-6)7(9)10;/h2-8H,1H3;2-4H,1H3,(H,10,11);1-4,9-10H;1H4. The molecule has 12 nitrogen and oxygen atoms in total. The van der Waals surface area contributed by atoms with Gasteiger partial charge in [-0.1, -0.05) is 25.6 Å². The number of halogens is 2. The molecule has 6 rings (SSSR count). The molecule has 0 aliphatic carbocycles. The van der Waals surface area contributed by atoms with Crippen molar-refractivity contribution in [3.63, 3.8) is 0 Å². The summed E-state index contributed by atoms with van der Waals surface area (Å²) >= 11 is 4.35. The number of H-pyrrole nitrogens is 1. The van der Waals surface area contributed by atoms with Gasteiger partial charge in [-0.05, 0) is 93.1 Å². The number of aromatic nitrogens is 6. The van der Waals surface area contributed by atoms with Crippen molar-refractivity contribution >= 4 is 91.5 Å². The van der Waals surface area contributed by atoms with E-state index in [2.05, 4.69) is 75.2 Å². The van der Waals surface area contributed by atoms with E-state index in [-0.39, 0.29) is 7.43 Å². The van der Waals surface area contributed by atoms with Crippen LogP contribution in [-0.2, 0) is 9.47 Å². The minimum absolute atomic E-state index is 0. The molecule has 0 aliphatic heterocycles. The summed E-state index contributed by atoms with van der Waals surface area (Å²) in [6, 6.07) is 18.4. The predicted molar refractivity (Wildman–Crippen MR) is 184 cm³/mol. The molecular formula is C29H27BI2N6O6. The van der Waals surface area contributed by atoms with Crippen molar-refractivity contribution in [3.8, 4) is 5.69 Å². The number of ether oxygens (including phenoxy) is 2. The first-order valence-electron chi connectivity index (χ1n) is 12.4. The zero-order chi connectivity index (χ0) is 30.9. The highest BCUT2D eigenvalue weighted by atomic mass is 127. The lowest BCUT2D eigenvalue weighted by Gasteiger charge is -2.03. The topological polar surface area (TPSA) is 165 Å². The Bertz CT molecular complexity index is 1880. The van der Waals surface area contributed by atoms with Crippen LogP contribution in [0.5, 0.6) is 0 Å². The van der Waals surface area contributed by atoms with Gasteiger partial charge in [-0.15, -0.1) is 0 Å². The number of pyridine rings is 2. The molecule has 0 atom stereocenters. The number of rotatable bonds is 4. The monoisotopic (exact) mass is 820 g/mol. The molecular weight excluding hydrogens is 793 g/mol. The summed E-state index contributed by atoms with van der Waals surface area (Å²) in [5, 5.41) is 29.7. The maximum absolute atomic E-state index is 11.8. The van der Waals surface area contributed by atoms with Crippen LogP contribution in [0.15, 0.2) is 85.5 Å². The minimum atomic E-state index is -1.35. The van der Waals surface area contributed by atoms with E-state index in [0.717, 1.165) is 34.6 Å². The van der Waals surface area contributed by atoms with Crippen LogP contribution < -0.4 is 5.46 Å². The molecule has 2 aromatic carbocycles. The number of hydrogen-bond donors (Lipinski definition) is 3. The Balaban J connectivity index is 0.000000191.